The maximum absolute atomic E-state index is 13.0. The molecule has 0 fully saturated rings. The molecule has 1 aliphatic rings. The maximum atomic E-state index is 13.0. The fourth-order valence-electron chi connectivity index (χ4n) is 4.50. The van der Waals surface area contributed by atoms with Gasteiger partial charge in [0.15, 0.2) is 0 Å². The SMILES string of the molecule is COc1cc2c(cc1Nc1nc(Nc3ccccc3S(=O)(=O)N(C)C)c3c(C#N)c[nH]c3n1)CN(C)CC2. The van der Waals surface area contributed by atoms with Gasteiger partial charge in [0.1, 0.15) is 28.2 Å². The first-order valence-corrected chi connectivity index (χ1v) is 13.4. The molecule has 0 unspecified atom stereocenters. The molecule has 2 aromatic carbocycles. The minimum atomic E-state index is -3.75. The standard InChI is InChI=1S/C26H28N8O3S/c1-33(2)38(35,36)22-8-6-5-7-19(22)29-25-23-18(13-27)14-28-24(23)31-26(32-25)30-20-11-17-15-34(3)10-9-16(17)12-21(20)37-4/h5-8,11-12,14H,9-10,15H2,1-4H3,(H3,28,29,30,31,32). The molecule has 0 atom stereocenters. The molecule has 0 spiro atoms. The van der Waals surface area contributed by atoms with Gasteiger partial charge in [0.05, 0.1) is 29.4 Å². The zero-order valence-electron chi connectivity index (χ0n) is 21.5. The van der Waals surface area contributed by atoms with Crippen molar-refractivity contribution in [3.05, 3.63) is 59.3 Å². The van der Waals surface area contributed by atoms with Crippen molar-refractivity contribution in [1.29, 1.82) is 5.26 Å². The van der Waals surface area contributed by atoms with Crippen molar-refractivity contribution in [2.24, 2.45) is 0 Å². The number of anilines is 4. The summed E-state index contributed by atoms with van der Waals surface area (Å²) in [5, 5.41) is 16.5. The van der Waals surface area contributed by atoms with Crippen LogP contribution in [-0.2, 0) is 23.0 Å². The van der Waals surface area contributed by atoms with Crippen molar-refractivity contribution in [3.63, 3.8) is 0 Å². The lowest BCUT2D eigenvalue weighted by molar-refractivity contribution is 0.312. The Morgan fingerprint density at radius 3 is 2.66 bits per heavy atom. The summed E-state index contributed by atoms with van der Waals surface area (Å²) >= 11 is 0. The second-order valence-electron chi connectivity index (χ2n) is 9.28. The first-order valence-electron chi connectivity index (χ1n) is 11.9. The molecule has 0 radical (unpaired) electrons. The number of rotatable bonds is 7. The highest BCUT2D eigenvalue weighted by atomic mass is 32.2. The molecule has 0 amide bonds. The Morgan fingerprint density at radius 2 is 1.92 bits per heavy atom. The average Bonchev–Trinajstić information content (AvgIpc) is 3.32. The minimum Gasteiger partial charge on any atom is -0.495 e. The predicted octanol–water partition coefficient (Wildman–Crippen LogP) is 3.56. The molecule has 2 aromatic heterocycles. The first-order chi connectivity index (χ1) is 18.2. The number of ether oxygens (including phenoxy) is 1. The van der Waals surface area contributed by atoms with E-state index in [-0.39, 0.29) is 16.7 Å². The lowest BCUT2D eigenvalue weighted by atomic mass is 9.99. The molecule has 4 aromatic rings. The van der Waals surface area contributed by atoms with Crippen LogP contribution in [-0.4, -0.2) is 67.4 Å². The highest BCUT2D eigenvalue weighted by Crippen LogP contribution is 2.35. The number of para-hydroxylation sites is 1. The predicted molar refractivity (Wildman–Crippen MR) is 146 cm³/mol. The normalized spacial score (nSPS) is 13.8. The maximum Gasteiger partial charge on any atom is 0.244 e. The van der Waals surface area contributed by atoms with E-state index in [9.17, 15) is 13.7 Å². The Hall–Kier alpha value is -4.18. The Bertz CT molecular complexity index is 1670. The van der Waals surface area contributed by atoms with Crippen molar-refractivity contribution in [3.8, 4) is 11.8 Å². The lowest BCUT2D eigenvalue weighted by Gasteiger charge is -2.26. The summed E-state index contributed by atoms with van der Waals surface area (Å²) in [6, 6.07) is 12.8. The minimum absolute atomic E-state index is 0.0841. The van der Waals surface area contributed by atoms with Gasteiger partial charge in [-0.05, 0) is 48.9 Å². The Morgan fingerprint density at radius 1 is 1.13 bits per heavy atom. The summed E-state index contributed by atoms with van der Waals surface area (Å²) in [6.07, 6.45) is 2.49. The summed E-state index contributed by atoms with van der Waals surface area (Å²) in [4.78, 5) is 14.6. The van der Waals surface area contributed by atoms with Crippen molar-refractivity contribution in [2.75, 3.05) is 45.4 Å². The highest BCUT2D eigenvalue weighted by Gasteiger charge is 2.23. The third-order valence-electron chi connectivity index (χ3n) is 6.52. The Labute approximate surface area is 221 Å². The van der Waals surface area contributed by atoms with Crippen LogP contribution in [0.5, 0.6) is 5.75 Å². The van der Waals surface area contributed by atoms with E-state index in [0.29, 0.717) is 33.7 Å². The number of hydrogen-bond acceptors (Lipinski definition) is 9. The third-order valence-corrected chi connectivity index (χ3v) is 8.40. The topological polar surface area (TPSA) is 139 Å². The number of H-pyrrole nitrogens is 1. The number of aromatic amines is 1. The van der Waals surface area contributed by atoms with Crippen LogP contribution in [0.15, 0.2) is 47.5 Å². The number of nitrogens with one attached hydrogen (secondary N) is 3. The Kier molecular flexibility index (Phi) is 6.66. The molecular formula is C26H28N8O3S. The number of nitrogens with zero attached hydrogens (tertiary/aromatic N) is 5. The van der Waals surface area contributed by atoms with Gasteiger partial charge in [0.25, 0.3) is 0 Å². The molecular weight excluding hydrogens is 504 g/mol. The van der Waals surface area contributed by atoms with Crippen LogP contribution < -0.4 is 15.4 Å². The molecule has 3 N–H and O–H groups in total. The van der Waals surface area contributed by atoms with Crippen LogP contribution in [0, 0.1) is 11.3 Å². The largest absolute Gasteiger partial charge is 0.495 e. The molecule has 0 aliphatic carbocycles. The van der Waals surface area contributed by atoms with E-state index in [2.05, 4.69) is 43.6 Å². The van der Waals surface area contributed by atoms with Crippen molar-refractivity contribution in [2.45, 2.75) is 17.9 Å². The second-order valence-corrected chi connectivity index (χ2v) is 11.4. The number of methoxy groups -OCH3 is 1. The number of sulfonamides is 1. The van der Waals surface area contributed by atoms with Gasteiger partial charge >= 0.3 is 0 Å². The van der Waals surface area contributed by atoms with Crippen LogP contribution >= 0.6 is 0 Å². The molecule has 38 heavy (non-hydrogen) atoms. The van der Waals surface area contributed by atoms with E-state index >= 15 is 0 Å². The van der Waals surface area contributed by atoms with E-state index < -0.39 is 10.0 Å². The van der Waals surface area contributed by atoms with Crippen LogP contribution in [0.25, 0.3) is 11.0 Å². The zero-order chi connectivity index (χ0) is 27.0. The summed E-state index contributed by atoms with van der Waals surface area (Å²) in [7, 11) is 2.90. The zero-order valence-corrected chi connectivity index (χ0v) is 22.3. The molecule has 1 aliphatic heterocycles. The van der Waals surface area contributed by atoms with E-state index in [0.717, 1.165) is 23.8 Å². The molecule has 0 saturated heterocycles. The molecule has 196 valence electrons. The number of nitriles is 1. The summed E-state index contributed by atoms with van der Waals surface area (Å²) in [5.41, 5.74) is 4.21. The van der Waals surface area contributed by atoms with Gasteiger partial charge in [-0.25, -0.2) is 12.7 Å². The number of aromatic nitrogens is 3. The highest BCUT2D eigenvalue weighted by molar-refractivity contribution is 7.89. The number of likely N-dealkylation sites (N-methyl/N-ethyl adjacent to an activating group) is 1. The average molecular weight is 533 g/mol. The summed E-state index contributed by atoms with van der Waals surface area (Å²) in [5.74, 6) is 1.20. The number of fused-ring (bicyclic) bond motifs is 2. The van der Waals surface area contributed by atoms with E-state index in [1.807, 2.05) is 12.1 Å². The van der Waals surface area contributed by atoms with Crippen LogP contribution in [0.1, 0.15) is 16.7 Å². The van der Waals surface area contributed by atoms with Gasteiger partial charge in [0.2, 0.25) is 16.0 Å². The van der Waals surface area contributed by atoms with Crippen LogP contribution in [0.3, 0.4) is 0 Å². The van der Waals surface area contributed by atoms with Crippen molar-refractivity contribution >= 4 is 44.2 Å². The molecule has 3 heterocycles. The lowest BCUT2D eigenvalue weighted by Crippen LogP contribution is -2.26. The van der Waals surface area contributed by atoms with Crippen molar-refractivity contribution < 1.29 is 13.2 Å². The fourth-order valence-corrected chi connectivity index (χ4v) is 5.54. The summed E-state index contributed by atoms with van der Waals surface area (Å²) < 4.78 is 32.7. The Balaban J connectivity index is 1.60. The third kappa shape index (κ3) is 4.63. The molecule has 11 nitrogen and oxygen atoms in total. The summed E-state index contributed by atoms with van der Waals surface area (Å²) in [6.45, 7) is 1.80. The number of benzene rings is 2. The smallest absolute Gasteiger partial charge is 0.244 e. The molecule has 0 saturated carbocycles. The van der Waals surface area contributed by atoms with Crippen molar-refractivity contribution in [1.82, 2.24) is 24.2 Å². The van der Waals surface area contributed by atoms with Crippen LogP contribution in [0.2, 0.25) is 0 Å². The second kappa shape index (κ2) is 9.94. The van der Waals surface area contributed by atoms with Crippen LogP contribution in [0.4, 0.5) is 23.1 Å². The first kappa shape index (κ1) is 25.5. The molecule has 0 bridgehead atoms. The van der Waals surface area contributed by atoms with E-state index in [4.69, 9.17) is 4.74 Å². The van der Waals surface area contributed by atoms with Gasteiger partial charge < -0.3 is 25.3 Å². The van der Waals surface area contributed by atoms with Gasteiger partial charge in [-0.15, -0.1) is 0 Å². The molecule has 12 heteroatoms. The van der Waals surface area contributed by atoms with E-state index in [1.54, 1.807) is 31.5 Å². The molecule has 5 rings (SSSR count). The van der Waals surface area contributed by atoms with Gasteiger partial charge in [-0.1, -0.05) is 12.1 Å². The fraction of sp³-hybridized carbons (Fsp3) is 0.269. The monoisotopic (exact) mass is 532 g/mol. The van der Waals surface area contributed by atoms with Gasteiger partial charge in [-0.3, -0.25) is 0 Å². The van der Waals surface area contributed by atoms with Gasteiger partial charge in [-0.2, -0.15) is 15.2 Å². The van der Waals surface area contributed by atoms with Gasteiger partial charge in [0, 0.05) is 33.4 Å². The van der Waals surface area contributed by atoms with E-state index in [1.165, 1.54) is 31.3 Å². The quantitative estimate of drug-likeness (QED) is 0.326. The number of hydrogen-bond donors (Lipinski definition) is 3.